The molecule has 0 nitrogen and oxygen atoms in total. The van der Waals surface area contributed by atoms with Crippen LogP contribution in [0.15, 0.2) is 66.7 Å². The molecular formula is C33H35F. The van der Waals surface area contributed by atoms with Crippen molar-refractivity contribution in [1.82, 2.24) is 0 Å². The Morgan fingerprint density at radius 2 is 1.06 bits per heavy atom. The van der Waals surface area contributed by atoms with Gasteiger partial charge in [0, 0.05) is 16.7 Å². The summed E-state index contributed by atoms with van der Waals surface area (Å²) in [7, 11) is 0. The third-order valence-electron chi connectivity index (χ3n) is 5.93. The summed E-state index contributed by atoms with van der Waals surface area (Å²) < 4.78 is 14.5. The molecule has 1 heteroatoms. The first kappa shape index (κ1) is 25.3. The number of aryl methyl sites for hydroxylation is 2. The molecule has 0 aliphatic rings. The van der Waals surface area contributed by atoms with Gasteiger partial charge in [0.15, 0.2) is 0 Å². The number of hydrogen-bond acceptors (Lipinski definition) is 0. The van der Waals surface area contributed by atoms with Crippen molar-refractivity contribution in [2.24, 2.45) is 0 Å². The minimum atomic E-state index is -0.337. The minimum Gasteiger partial charge on any atom is -0.206 e. The van der Waals surface area contributed by atoms with Gasteiger partial charge in [-0.1, -0.05) is 100 Å². The molecule has 0 bridgehead atoms. The normalized spacial score (nSPS) is 10.2. The van der Waals surface area contributed by atoms with Crippen LogP contribution in [0.3, 0.4) is 0 Å². The maximum absolute atomic E-state index is 14.5. The van der Waals surface area contributed by atoms with E-state index in [0.717, 1.165) is 30.4 Å². The second kappa shape index (κ2) is 14.1. The van der Waals surface area contributed by atoms with Gasteiger partial charge in [-0.15, -0.1) is 0 Å². The first-order valence-corrected chi connectivity index (χ1v) is 12.7. The van der Waals surface area contributed by atoms with Gasteiger partial charge in [-0.3, -0.25) is 0 Å². The van der Waals surface area contributed by atoms with Gasteiger partial charge in [0.25, 0.3) is 0 Å². The van der Waals surface area contributed by atoms with Crippen LogP contribution in [-0.4, -0.2) is 0 Å². The number of unbranched alkanes of at least 4 members (excludes halogenated alkanes) is 5. The van der Waals surface area contributed by atoms with Gasteiger partial charge in [-0.05, 0) is 72.9 Å². The Labute approximate surface area is 205 Å². The molecule has 0 spiro atoms. The summed E-state index contributed by atoms with van der Waals surface area (Å²) in [5.74, 6) is 11.9. The van der Waals surface area contributed by atoms with Crippen LogP contribution in [0, 0.1) is 29.5 Å². The molecule has 0 atom stereocenters. The Bertz CT molecular complexity index is 1150. The second-order valence-corrected chi connectivity index (χ2v) is 8.86. The molecule has 0 heterocycles. The Balaban J connectivity index is 1.55. The van der Waals surface area contributed by atoms with E-state index >= 15 is 0 Å². The molecule has 0 radical (unpaired) electrons. The standard InChI is InChI=1S/C33H35F/c1-3-5-6-7-8-9-11-28-14-18-29(19-15-28)20-21-31-23-25-32(33(34)26-31)24-22-30-16-12-27(10-4-2)13-17-30/h12-19,23,25-26H,3-11H2,1-2H3. The van der Waals surface area contributed by atoms with Crippen molar-refractivity contribution < 1.29 is 4.39 Å². The zero-order valence-electron chi connectivity index (χ0n) is 20.6. The third-order valence-corrected chi connectivity index (χ3v) is 5.93. The number of hydrogen-bond donors (Lipinski definition) is 0. The summed E-state index contributed by atoms with van der Waals surface area (Å²) >= 11 is 0. The molecule has 0 aliphatic heterocycles. The predicted octanol–water partition coefficient (Wildman–Crippen LogP) is 8.48. The van der Waals surface area contributed by atoms with E-state index < -0.39 is 0 Å². The van der Waals surface area contributed by atoms with E-state index in [9.17, 15) is 4.39 Å². The number of benzene rings is 3. The van der Waals surface area contributed by atoms with Crippen molar-refractivity contribution in [3.8, 4) is 23.7 Å². The van der Waals surface area contributed by atoms with Crippen LogP contribution in [-0.2, 0) is 12.8 Å². The zero-order chi connectivity index (χ0) is 24.0. The molecule has 0 aliphatic carbocycles. The minimum absolute atomic E-state index is 0.337. The number of halogens is 1. The predicted molar refractivity (Wildman–Crippen MR) is 142 cm³/mol. The first-order valence-electron chi connectivity index (χ1n) is 12.7. The maximum Gasteiger partial charge on any atom is 0.140 e. The third kappa shape index (κ3) is 8.57. The van der Waals surface area contributed by atoms with Gasteiger partial charge >= 0.3 is 0 Å². The highest BCUT2D eigenvalue weighted by Crippen LogP contribution is 2.13. The summed E-state index contributed by atoms with van der Waals surface area (Å²) in [6.45, 7) is 4.41. The molecule has 34 heavy (non-hydrogen) atoms. The molecule has 0 aromatic heterocycles. The average Bonchev–Trinajstić information content (AvgIpc) is 2.86. The van der Waals surface area contributed by atoms with E-state index in [-0.39, 0.29) is 5.82 Å². The van der Waals surface area contributed by atoms with E-state index in [0.29, 0.717) is 11.1 Å². The lowest BCUT2D eigenvalue weighted by molar-refractivity contribution is 0.607. The van der Waals surface area contributed by atoms with Crippen molar-refractivity contribution in [3.63, 3.8) is 0 Å². The lowest BCUT2D eigenvalue weighted by atomic mass is 10.0. The molecule has 0 saturated heterocycles. The summed E-state index contributed by atoms with van der Waals surface area (Å²) in [6.07, 6.45) is 11.2. The van der Waals surface area contributed by atoms with Crippen molar-refractivity contribution >= 4 is 0 Å². The quantitative estimate of drug-likeness (QED) is 0.226. The van der Waals surface area contributed by atoms with Crippen molar-refractivity contribution in [1.29, 1.82) is 0 Å². The highest BCUT2D eigenvalue weighted by atomic mass is 19.1. The zero-order valence-corrected chi connectivity index (χ0v) is 20.6. The van der Waals surface area contributed by atoms with Gasteiger partial charge in [-0.2, -0.15) is 0 Å². The van der Waals surface area contributed by atoms with Crippen molar-refractivity contribution in [2.45, 2.75) is 71.6 Å². The molecule has 0 fully saturated rings. The van der Waals surface area contributed by atoms with Gasteiger partial charge in [-0.25, -0.2) is 4.39 Å². The fraction of sp³-hybridized carbons (Fsp3) is 0.333. The van der Waals surface area contributed by atoms with E-state index in [1.54, 1.807) is 6.07 Å². The Kier molecular flexibility index (Phi) is 10.5. The van der Waals surface area contributed by atoms with Crippen LogP contribution in [0.2, 0.25) is 0 Å². The second-order valence-electron chi connectivity index (χ2n) is 8.86. The highest BCUT2D eigenvalue weighted by Gasteiger charge is 2.00. The summed E-state index contributed by atoms with van der Waals surface area (Å²) in [4.78, 5) is 0. The van der Waals surface area contributed by atoms with E-state index in [4.69, 9.17) is 0 Å². The molecule has 0 N–H and O–H groups in total. The van der Waals surface area contributed by atoms with Crippen LogP contribution >= 0.6 is 0 Å². The molecule has 0 saturated carbocycles. The Hall–Kier alpha value is -3.29. The van der Waals surface area contributed by atoms with Crippen LogP contribution in [0.25, 0.3) is 0 Å². The van der Waals surface area contributed by atoms with Crippen LogP contribution < -0.4 is 0 Å². The molecule has 174 valence electrons. The lowest BCUT2D eigenvalue weighted by Gasteiger charge is -2.02. The molecule has 0 amide bonds. The fourth-order valence-electron chi connectivity index (χ4n) is 3.89. The monoisotopic (exact) mass is 450 g/mol. The first-order chi connectivity index (χ1) is 16.7. The van der Waals surface area contributed by atoms with Gasteiger partial charge in [0.2, 0.25) is 0 Å². The molecule has 3 rings (SSSR count). The SMILES string of the molecule is CCCCCCCCc1ccc(C#Cc2ccc(C#Cc3ccc(CCC)cc3)c(F)c2)cc1. The summed E-state index contributed by atoms with van der Waals surface area (Å²) in [5, 5.41) is 0. The summed E-state index contributed by atoms with van der Waals surface area (Å²) in [5.41, 5.74) is 5.54. The van der Waals surface area contributed by atoms with E-state index in [1.807, 2.05) is 18.2 Å². The van der Waals surface area contributed by atoms with Gasteiger partial charge in [0.1, 0.15) is 5.82 Å². The Morgan fingerprint density at radius 3 is 1.68 bits per heavy atom. The number of rotatable bonds is 9. The van der Waals surface area contributed by atoms with E-state index in [2.05, 4.69) is 73.9 Å². The van der Waals surface area contributed by atoms with Gasteiger partial charge in [0.05, 0.1) is 5.56 Å². The molecule has 3 aromatic rings. The smallest absolute Gasteiger partial charge is 0.140 e. The topological polar surface area (TPSA) is 0 Å². The lowest BCUT2D eigenvalue weighted by Crippen LogP contribution is -1.88. The van der Waals surface area contributed by atoms with Crippen LogP contribution in [0.4, 0.5) is 4.39 Å². The largest absolute Gasteiger partial charge is 0.206 e. The van der Waals surface area contributed by atoms with E-state index in [1.165, 1.54) is 55.7 Å². The van der Waals surface area contributed by atoms with Crippen LogP contribution in [0.5, 0.6) is 0 Å². The molecular weight excluding hydrogens is 415 g/mol. The summed E-state index contributed by atoms with van der Waals surface area (Å²) in [6, 6.07) is 21.6. The van der Waals surface area contributed by atoms with Crippen molar-refractivity contribution in [3.05, 3.63) is 106 Å². The van der Waals surface area contributed by atoms with Crippen LogP contribution in [0.1, 0.15) is 92.2 Å². The highest BCUT2D eigenvalue weighted by molar-refractivity contribution is 5.49. The molecule has 3 aromatic carbocycles. The average molecular weight is 451 g/mol. The molecule has 0 unspecified atom stereocenters. The van der Waals surface area contributed by atoms with Gasteiger partial charge < -0.3 is 0 Å². The fourth-order valence-corrected chi connectivity index (χ4v) is 3.89. The van der Waals surface area contributed by atoms with Crippen molar-refractivity contribution in [2.75, 3.05) is 0 Å². The Morgan fingerprint density at radius 1 is 0.529 bits per heavy atom. The maximum atomic E-state index is 14.5.